The van der Waals surface area contributed by atoms with Crippen molar-refractivity contribution in [2.75, 3.05) is 24.5 Å². The van der Waals surface area contributed by atoms with E-state index in [1.165, 1.54) is 0 Å². The van der Waals surface area contributed by atoms with E-state index in [1.807, 2.05) is 33.8 Å². The van der Waals surface area contributed by atoms with E-state index in [1.54, 1.807) is 16.9 Å². The van der Waals surface area contributed by atoms with Crippen LogP contribution in [0.25, 0.3) is 11.3 Å². The number of rotatable bonds is 3. The fraction of sp³-hybridized carbons (Fsp3) is 0.435. The van der Waals surface area contributed by atoms with Crippen LogP contribution in [0.1, 0.15) is 53.5 Å². The van der Waals surface area contributed by atoms with E-state index < -0.39 is 0 Å². The summed E-state index contributed by atoms with van der Waals surface area (Å²) in [6.07, 6.45) is 9.28. The number of anilines is 1. The third kappa shape index (κ3) is 3.50. The highest BCUT2D eigenvalue weighted by molar-refractivity contribution is 5.93. The molecule has 33 heavy (non-hydrogen) atoms. The fourth-order valence-electron chi connectivity index (χ4n) is 5.05. The molecule has 10 nitrogen and oxygen atoms in total. The van der Waals surface area contributed by atoms with E-state index in [9.17, 15) is 4.79 Å². The Morgan fingerprint density at radius 1 is 1.09 bits per heavy atom. The lowest BCUT2D eigenvalue weighted by molar-refractivity contribution is 0.0600. The third-order valence-corrected chi connectivity index (χ3v) is 6.71. The number of fused-ring (bicyclic) bond motifs is 2. The first-order valence-electron chi connectivity index (χ1n) is 11.6. The van der Waals surface area contributed by atoms with E-state index >= 15 is 0 Å². The van der Waals surface area contributed by atoms with Gasteiger partial charge < -0.3 is 15.5 Å². The third-order valence-electron chi connectivity index (χ3n) is 6.71. The number of aromatic nitrogens is 6. The van der Waals surface area contributed by atoms with Crippen LogP contribution < -0.4 is 10.6 Å². The molecule has 2 aliphatic heterocycles. The number of nitrogens with zero attached hydrogens (tertiary/aromatic N) is 8. The average Bonchev–Trinajstić information content (AvgIpc) is 3.55. The highest BCUT2D eigenvalue weighted by Gasteiger charge is 2.32. The number of aryl methyl sites for hydroxylation is 1. The standard InChI is InChI=1S/C23H27N9O/c1-15-12-32-21(27-22(15)29-10-7-16(24)13-29)11-17(28-32)19-5-2-3-9-30(19)23(33)18-14-31-20(26-18)6-4-8-25-31/h4,6,8,11-12,14,16,19H,2-3,5,7,9-10,13,24H2,1H3. The van der Waals surface area contributed by atoms with Crippen LogP contribution in [0, 0.1) is 6.92 Å². The Kier molecular flexibility index (Phi) is 4.75. The molecule has 2 atom stereocenters. The second-order valence-electron chi connectivity index (χ2n) is 9.08. The van der Waals surface area contributed by atoms with Crippen molar-refractivity contribution in [2.24, 2.45) is 5.73 Å². The summed E-state index contributed by atoms with van der Waals surface area (Å²) in [6.45, 7) is 4.48. The number of hydrogen-bond donors (Lipinski definition) is 1. The van der Waals surface area contributed by atoms with Gasteiger partial charge in [0.25, 0.3) is 5.91 Å². The van der Waals surface area contributed by atoms with Crippen LogP contribution in [0.2, 0.25) is 0 Å². The molecule has 0 aromatic carbocycles. The molecule has 6 heterocycles. The summed E-state index contributed by atoms with van der Waals surface area (Å²) in [5, 5.41) is 9.06. The van der Waals surface area contributed by atoms with Gasteiger partial charge >= 0.3 is 0 Å². The Bertz CT molecular complexity index is 1310. The molecule has 0 bridgehead atoms. The lowest BCUT2D eigenvalue weighted by atomic mass is 9.99. The van der Waals surface area contributed by atoms with Crippen LogP contribution >= 0.6 is 0 Å². The first-order valence-corrected chi connectivity index (χ1v) is 11.6. The van der Waals surface area contributed by atoms with E-state index in [4.69, 9.17) is 15.8 Å². The number of likely N-dealkylation sites (tertiary alicyclic amines) is 1. The molecule has 0 radical (unpaired) electrons. The molecule has 1 amide bonds. The molecule has 0 spiro atoms. The first-order chi connectivity index (χ1) is 16.1. The van der Waals surface area contributed by atoms with Crippen LogP contribution in [0.3, 0.4) is 0 Å². The number of carbonyl (C=O) groups excluding carboxylic acids is 1. The quantitative estimate of drug-likeness (QED) is 0.513. The van der Waals surface area contributed by atoms with Crippen molar-refractivity contribution in [3.05, 3.63) is 53.7 Å². The second-order valence-corrected chi connectivity index (χ2v) is 9.08. The van der Waals surface area contributed by atoms with Gasteiger partial charge in [0.1, 0.15) is 11.5 Å². The summed E-state index contributed by atoms with van der Waals surface area (Å²) in [4.78, 5) is 27.0. The zero-order valence-corrected chi connectivity index (χ0v) is 18.6. The molecule has 2 fully saturated rings. The lowest BCUT2D eigenvalue weighted by Gasteiger charge is -2.34. The molecule has 170 valence electrons. The van der Waals surface area contributed by atoms with E-state index in [0.29, 0.717) is 17.9 Å². The summed E-state index contributed by atoms with van der Waals surface area (Å²) < 4.78 is 3.46. The summed E-state index contributed by atoms with van der Waals surface area (Å²) in [6, 6.07) is 5.77. The number of amides is 1. The SMILES string of the molecule is Cc1cn2nc(C3CCCCN3C(=O)c3cn4ncccc4n3)cc2nc1N1CCC(N)C1. The topological polar surface area (TPSA) is 110 Å². The van der Waals surface area contributed by atoms with Gasteiger partial charge in [0, 0.05) is 49.7 Å². The van der Waals surface area contributed by atoms with Gasteiger partial charge in [0.15, 0.2) is 11.3 Å². The van der Waals surface area contributed by atoms with E-state index in [2.05, 4.69) is 21.9 Å². The van der Waals surface area contributed by atoms with Gasteiger partial charge in [-0.05, 0) is 44.7 Å². The van der Waals surface area contributed by atoms with Gasteiger partial charge in [-0.3, -0.25) is 4.79 Å². The van der Waals surface area contributed by atoms with E-state index in [-0.39, 0.29) is 18.0 Å². The predicted molar refractivity (Wildman–Crippen MR) is 123 cm³/mol. The van der Waals surface area contributed by atoms with Crippen molar-refractivity contribution in [3.63, 3.8) is 0 Å². The summed E-state index contributed by atoms with van der Waals surface area (Å²) >= 11 is 0. The molecule has 4 aromatic heterocycles. The zero-order valence-electron chi connectivity index (χ0n) is 18.6. The normalized spacial score (nSPS) is 21.4. The van der Waals surface area contributed by atoms with Gasteiger partial charge in [-0.15, -0.1) is 0 Å². The second kappa shape index (κ2) is 7.80. The molecule has 6 rings (SSSR count). The summed E-state index contributed by atoms with van der Waals surface area (Å²) in [5.41, 5.74) is 9.91. The van der Waals surface area contributed by atoms with Crippen LogP contribution in [0.15, 0.2) is 36.8 Å². The smallest absolute Gasteiger partial charge is 0.274 e. The minimum absolute atomic E-state index is 0.0851. The maximum absolute atomic E-state index is 13.4. The highest BCUT2D eigenvalue weighted by atomic mass is 16.2. The maximum atomic E-state index is 13.4. The van der Waals surface area contributed by atoms with Gasteiger partial charge in [-0.25, -0.2) is 19.0 Å². The number of piperidine rings is 1. The number of imidazole rings is 1. The van der Waals surface area contributed by atoms with Gasteiger partial charge in [-0.1, -0.05) is 0 Å². The molecule has 2 aliphatic rings. The van der Waals surface area contributed by atoms with Crippen LogP contribution in [0.5, 0.6) is 0 Å². The molecule has 2 saturated heterocycles. The lowest BCUT2D eigenvalue weighted by Crippen LogP contribution is -2.38. The van der Waals surface area contributed by atoms with Crippen LogP contribution in [-0.4, -0.2) is 65.7 Å². The Labute approximate surface area is 191 Å². The molecule has 2 N–H and O–H groups in total. The average molecular weight is 446 g/mol. The van der Waals surface area contributed by atoms with Crippen molar-refractivity contribution < 1.29 is 4.79 Å². The maximum Gasteiger partial charge on any atom is 0.274 e. The van der Waals surface area contributed by atoms with Crippen LogP contribution in [-0.2, 0) is 0 Å². The van der Waals surface area contributed by atoms with Gasteiger partial charge in [0.05, 0.1) is 17.9 Å². The van der Waals surface area contributed by atoms with Crippen molar-refractivity contribution in [1.82, 2.24) is 34.1 Å². The van der Waals surface area contributed by atoms with Gasteiger partial charge in [0.2, 0.25) is 0 Å². The van der Waals surface area contributed by atoms with Crippen molar-refractivity contribution >= 4 is 23.0 Å². The van der Waals surface area contributed by atoms with Crippen molar-refractivity contribution in [1.29, 1.82) is 0 Å². The Balaban J connectivity index is 1.33. The zero-order chi connectivity index (χ0) is 22.5. The molecular formula is C23H27N9O. The first kappa shape index (κ1) is 20.1. The molecule has 0 aliphatic carbocycles. The van der Waals surface area contributed by atoms with Crippen molar-refractivity contribution in [2.45, 2.75) is 44.7 Å². The number of carbonyl (C=O) groups is 1. The molecule has 4 aromatic rings. The minimum Gasteiger partial charge on any atom is -0.355 e. The molecule has 0 saturated carbocycles. The Hall–Kier alpha value is -3.53. The van der Waals surface area contributed by atoms with Gasteiger partial charge in [-0.2, -0.15) is 10.2 Å². The largest absolute Gasteiger partial charge is 0.355 e. The van der Waals surface area contributed by atoms with Crippen molar-refractivity contribution in [3.8, 4) is 0 Å². The molecule has 2 unspecified atom stereocenters. The predicted octanol–water partition coefficient (Wildman–Crippen LogP) is 1.99. The summed E-state index contributed by atoms with van der Waals surface area (Å²) in [5.74, 6) is 0.883. The molecular weight excluding hydrogens is 418 g/mol. The Morgan fingerprint density at radius 2 is 2.00 bits per heavy atom. The number of hydrogen-bond acceptors (Lipinski definition) is 7. The Morgan fingerprint density at radius 3 is 2.82 bits per heavy atom. The highest BCUT2D eigenvalue weighted by Crippen LogP contribution is 2.32. The number of nitrogens with two attached hydrogens (primary N) is 1. The summed E-state index contributed by atoms with van der Waals surface area (Å²) in [7, 11) is 0. The fourth-order valence-corrected chi connectivity index (χ4v) is 5.05. The minimum atomic E-state index is -0.102. The monoisotopic (exact) mass is 445 g/mol. The molecule has 10 heteroatoms. The van der Waals surface area contributed by atoms with E-state index in [0.717, 1.165) is 61.5 Å². The van der Waals surface area contributed by atoms with Crippen LogP contribution in [0.4, 0.5) is 5.82 Å².